The number of anilines is 3. The number of rotatable bonds is 4. The van der Waals surface area contributed by atoms with Crippen LogP contribution in [0.1, 0.15) is 11.1 Å². The molecule has 2 aromatic rings. The molecule has 3 nitrogen and oxygen atoms in total. The van der Waals surface area contributed by atoms with Gasteiger partial charge >= 0.3 is 0 Å². The van der Waals surface area contributed by atoms with Crippen molar-refractivity contribution < 1.29 is 4.39 Å². The first-order chi connectivity index (χ1) is 9.49. The molecule has 5 heteroatoms. The van der Waals surface area contributed by atoms with Gasteiger partial charge in [0.25, 0.3) is 0 Å². The zero-order valence-corrected chi connectivity index (χ0v) is 12.0. The van der Waals surface area contributed by atoms with Crippen molar-refractivity contribution in [3.8, 4) is 0 Å². The summed E-state index contributed by atoms with van der Waals surface area (Å²) in [5.74, 6) is -0.603. The van der Waals surface area contributed by atoms with Crippen molar-refractivity contribution in [2.24, 2.45) is 0 Å². The van der Waals surface area contributed by atoms with Crippen molar-refractivity contribution in [3.63, 3.8) is 0 Å². The molecule has 0 unspecified atom stereocenters. The lowest BCUT2D eigenvalue weighted by atomic mass is 10.1. The average molecular weight is 294 g/mol. The van der Waals surface area contributed by atoms with Crippen LogP contribution in [0.2, 0.25) is 5.02 Å². The zero-order valence-electron chi connectivity index (χ0n) is 11.2. The van der Waals surface area contributed by atoms with Crippen LogP contribution in [0.3, 0.4) is 0 Å². The Hall–Kier alpha value is -1.94. The standard InChI is InChI=1S/C15H17ClFN3/c1-9-3-2-4-10(7-9)5-6-20-15-12(19)8-11(18)13(16)14(15)17/h2-4,7-8,20H,5-6,18-19H2,1H3. The van der Waals surface area contributed by atoms with E-state index in [0.717, 1.165) is 6.42 Å². The largest absolute Gasteiger partial charge is 0.397 e. The van der Waals surface area contributed by atoms with Gasteiger partial charge < -0.3 is 16.8 Å². The normalized spacial score (nSPS) is 10.6. The van der Waals surface area contributed by atoms with E-state index in [1.807, 2.05) is 25.1 Å². The van der Waals surface area contributed by atoms with Gasteiger partial charge in [-0.25, -0.2) is 4.39 Å². The lowest BCUT2D eigenvalue weighted by Gasteiger charge is -2.13. The number of nitrogens with one attached hydrogen (secondary N) is 1. The van der Waals surface area contributed by atoms with Gasteiger partial charge in [0.05, 0.1) is 17.1 Å². The Kier molecular flexibility index (Phi) is 4.35. The van der Waals surface area contributed by atoms with Crippen LogP contribution in [-0.4, -0.2) is 6.54 Å². The second-order valence-electron chi connectivity index (χ2n) is 4.72. The summed E-state index contributed by atoms with van der Waals surface area (Å²) < 4.78 is 14.0. The van der Waals surface area contributed by atoms with Gasteiger partial charge in [-0.1, -0.05) is 41.4 Å². The van der Waals surface area contributed by atoms with Crippen LogP contribution in [-0.2, 0) is 6.42 Å². The maximum atomic E-state index is 14.0. The van der Waals surface area contributed by atoms with Crippen molar-refractivity contribution >= 4 is 28.7 Å². The molecule has 2 aromatic carbocycles. The molecular weight excluding hydrogens is 277 g/mol. The Morgan fingerprint density at radius 3 is 2.65 bits per heavy atom. The van der Waals surface area contributed by atoms with Gasteiger partial charge in [0.1, 0.15) is 5.02 Å². The molecule has 0 atom stereocenters. The van der Waals surface area contributed by atoms with Crippen molar-refractivity contribution in [3.05, 3.63) is 52.3 Å². The highest BCUT2D eigenvalue weighted by molar-refractivity contribution is 6.33. The first-order valence-corrected chi connectivity index (χ1v) is 6.69. The minimum Gasteiger partial charge on any atom is -0.397 e. The molecule has 0 radical (unpaired) electrons. The number of hydrogen-bond donors (Lipinski definition) is 3. The van der Waals surface area contributed by atoms with Gasteiger partial charge in [-0.15, -0.1) is 0 Å². The number of hydrogen-bond acceptors (Lipinski definition) is 3. The molecule has 2 rings (SSSR count). The quantitative estimate of drug-likeness (QED) is 0.755. The van der Waals surface area contributed by atoms with Crippen molar-refractivity contribution in [1.82, 2.24) is 0 Å². The molecule has 0 aromatic heterocycles. The summed E-state index contributed by atoms with van der Waals surface area (Å²) in [5, 5.41) is 2.88. The van der Waals surface area contributed by atoms with E-state index in [4.69, 9.17) is 23.1 Å². The van der Waals surface area contributed by atoms with Crippen LogP contribution in [0.4, 0.5) is 21.5 Å². The van der Waals surface area contributed by atoms with Gasteiger partial charge in [-0.3, -0.25) is 0 Å². The molecule has 20 heavy (non-hydrogen) atoms. The number of halogens is 2. The van der Waals surface area contributed by atoms with E-state index in [1.54, 1.807) is 0 Å². The Labute approximate surface area is 122 Å². The van der Waals surface area contributed by atoms with Gasteiger partial charge in [0.15, 0.2) is 5.82 Å². The van der Waals surface area contributed by atoms with E-state index < -0.39 is 5.82 Å². The highest BCUT2D eigenvalue weighted by Gasteiger charge is 2.13. The lowest BCUT2D eigenvalue weighted by Crippen LogP contribution is -2.10. The van der Waals surface area contributed by atoms with Gasteiger partial charge in [-0.05, 0) is 25.0 Å². The minimum absolute atomic E-state index is 0.0998. The van der Waals surface area contributed by atoms with Crippen LogP contribution in [0, 0.1) is 12.7 Å². The molecule has 106 valence electrons. The fourth-order valence-electron chi connectivity index (χ4n) is 2.05. The predicted molar refractivity (Wildman–Crippen MR) is 83.6 cm³/mol. The summed E-state index contributed by atoms with van der Waals surface area (Å²) in [4.78, 5) is 0. The third-order valence-electron chi connectivity index (χ3n) is 3.06. The average Bonchev–Trinajstić information content (AvgIpc) is 2.40. The Morgan fingerprint density at radius 2 is 1.95 bits per heavy atom. The second-order valence-corrected chi connectivity index (χ2v) is 5.10. The van der Waals surface area contributed by atoms with Crippen LogP contribution < -0.4 is 16.8 Å². The minimum atomic E-state index is -0.603. The SMILES string of the molecule is Cc1cccc(CCNc2c(N)cc(N)c(Cl)c2F)c1. The van der Waals surface area contributed by atoms with Gasteiger partial charge in [0.2, 0.25) is 0 Å². The van der Waals surface area contributed by atoms with E-state index in [0.29, 0.717) is 6.54 Å². The summed E-state index contributed by atoms with van der Waals surface area (Å²) in [7, 11) is 0. The van der Waals surface area contributed by atoms with Crippen LogP contribution in [0.5, 0.6) is 0 Å². The fourth-order valence-corrected chi connectivity index (χ4v) is 2.19. The maximum absolute atomic E-state index is 14.0. The molecule has 0 aliphatic rings. The first-order valence-electron chi connectivity index (χ1n) is 6.31. The number of aryl methyl sites for hydroxylation is 1. The molecular formula is C15H17ClFN3. The van der Waals surface area contributed by atoms with E-state index in [-0.39, 0.29) is 22.1 Å². The van der Waals surface area contributed by atoms with Crippen LogP contribution in [0.15, 0.2) is 30.3 Å². The van der Waals surface area contributed by atoms with Gasteiger partial charge in [-0.2, -0.15) is 0 Å². The van der Waals surface area contributed by atoms with Crippen molar-refractivity contribution in [2.75, 3.05) is 23.3 Å². The van der Waals surface area contributed by atoms with Crippen molar-refractivity contribution in [1.29, 1.82) is 0 Å². The zero-order chi connectivity index (χ0) is 14.7. The molecule has 0 aliphatic heterocycles. The molecule has 0 heterocycles. The van der Waals surface area contributed by atoms with E-state index in [9.17, 15) is 4.39 Å². The lowest BCUT2D eigenvalue weighted by molar-refractivity contribution is 0.632. The highest BCUT2D eigenvalue weighted by atomic mass is 35.5. The summed E-state index contributed by atoms with van der Waals surface area (Å²) in [6.45, 7) is 2.60. The molecule has 0 spiro atoms. The second kappa shape index (κ2) is 6.01. The fraction of sp³-hybridized carbons (Fsp3) is 0.200. The molecule has 5 N–H and O–H groups in total. The summed E-state index contributed by atoms with van der Waals surface area (Å²) >= 11 is 5.78. The highest BCUT2D eigenvalue weighted by Crippen LogP contribution is 2.33. The molecule has 0 aliphatic carbocycles. The molecule has 0 saturated carbocycles. The van der Waals surface area contributed by atoms with E-state index >= 15 is 0 Å². The molecule has 0 fully saturated rings. The van der Waals surface area contributed by atoms with Crippen molar-refractivity contribution in [2.45, 2.75) is 13.3 Å². The first kappa shape index (κ1) is 14.5. The van der Waals surface area contributed by atoms with Crippen LogP contribution >= 0.6 is 11.6 Å². The monoisotopic (exact) mass is 293 g/mol. The Bertz CT molecular complexity index is 629. The predicted octanol–water partition coefficient (Wildman–Crippen LogP) is 3.61. The summed E-state index contributed by atoms with van der Waals surface area (Å²) in [6.07, 6.45) is 0.766. The van der Waals surface area contributed by atoms with Crippen LogP contribution in [0.25, 0.3) is 0 Å². The summed E-state index contributed by atoms with van der Waals surface area (Å²) in [5.41, 5.74) is 14.3. The smallest absolute Gasteiger partial charge is 0.169 e. The molecule has 0 bridgehead atoms. The molecule has 0 amide bonds. The summed E-state index contributed by atoms with van der Waals surface area (Å²) in [6, 6.07) is 9.62. The Morgan fingerprint density at radius 1 is 1.20 bits per heavy atom. The third-order valence-corrected chi connectivity index (χ3v) is 3.45. The van der Waals surface area contributed by atoms with Gasteiger partial charge in [0, 0.05) is 6.54 Å². The maximum Gasteiger partial charge on any atom is 0.169 e. The number of nitrogen functional groups attached to an aromatic ring is 2. The third kappa shape index (κ3) is 3.14. The topological polar surface area (TPSA) is 64.1 Å². The molecule has 0 saturated heterocycles. The number of benzene rings is 2. The number of nitrogens with two attached hydrogens (primary N) is 2. The van der Waals surface area contributed by atoms with E-state index in [2.05, 4.69) is 11.4 Å². The van der Waals surface area contributed by atoms with E-state index in [1.165, 1.54) is 17.2 Å². The Balaban J connectivity index is 2.07.